The van der Waals surface area contributed by atoms with Gasteiger partial charge in [-0.1, -0.05) is 77.1 Å². The van der Waals surface area contributed by atoms with Crippen molar-refractivity contribution in [2.45, 2.75) is 77.6 Å². The lowest BCUT2D eigenvalue weighted by Crippen LogP contribution is -2.15. The van der Waals surface area contributed by atoms with E-state index in [1.54, 1.807) is 0 Å². The molecule has 50 heavy (non-hydrogen) atoms. The molecule has 0 aliphatic carbocycles. The second-order valence-corrected chi connectivity index (χ2v) is 11.5. The summed E-state index contributed by atoms with van der Waals surface area (Å²) in [4.78, 5) is 0. The molecule has 0 saturated carbocycles. The lowest BCUT2D eigenvalue weighted by molar-refractivity contribution is -0.0281. The highest BCUT2D eigenvalue weighted by Crippen LogP contribution is 2.11. The Morgan fingerprint density at radius 2 is 0.460 bits per heavy atom. The molecule has 0 aliphatic rings. The van der Waals surface area contributed by atoms with Crippen molar-refractivity contribution in [2.24, 2.45) is 0 Å². The van der Waals surface area contributed by atoms with Crippen LogP contribution in [0.2, 0.25) is 0 Å². The molecule has 0 bridgehead atoms. The van der Waals surface area contributed by atoms with Gasteiger partial charge in [-0.3, -0.25) is 0 Å². The molecule has 0 N–H and O–H groups in total. The van der Waals surface area contributed by atoms with Crippen LogP contribution in [0.3, 0.4) is 0 Å². The van der Waals surface area contributed by atoms with Gasteiger partial charge in [0.25, 0.3) is 0 Å². The molecule has 0 aliphatic heterocycles. The first-order valence-electron chi connectivity index (χ1n) is 19.3. The third kappa shape index (κ3) is 47.1. The molecule has 0 saturated heterocycles. The molecule has 0 aromatic heterocycles. The zero-order valence-electron chi connectivity index (χ0n) is 31.7. The minimum absolute atomic E-state index is 0.309. The van der Waals surface area contributed by atoms with Gasteiger partial charge in [0.2, 0.25) is 0 Å². The zero-order valence-corrected chi connectivity index (χ0v) is 31.7. The van der Waals surface area contributed by atoms with E-state index in [0.29, 0.717) is 152 Å². The van der Waals surface area contributed by atoms with Crippen LogP contribution in [0.5, 0.6) is 0 Å². The standard InChI is InChI=1S/C38H74O12/c1-3-5-6-7-8-9-10-11-12-13-14-16-40-18-20-42-22-24-44-26-28-46-30-32-48-34-36-50-38-37-49-35-33-47-31-29-45-27-25-43-23-21-41-19-17-39-15-4-2/h2H,3,5-38H2,1H3. The van der Waals surface area contributed by atoms with Crippen molar-refractivity contribution in [1.82, 2.24) is 0 Å². The largest absolute Gasteiger partial charge is 0.379 e. The van der Waals surface area contributed by atoms with E-state index in [9.17, 15) is 0 Å². The van der Waals surface area contributed by atoms with Crippen molar-refractivity contribution < 1.29 is 56.8 Å². The van der Waals surface area contributed by atoms with Crippen LogP contribution in [0.25, 0.3) is 0 Å². The van der Waals surface area contributed by atoms with Gasteiger partial charge >= 0.3 is 0 Å². The Balaban J connectivity index is 3.04. The van der Waals surface area contributed by atoms with Gasteiger partial charge in [-0.05, 0) is 6.42 Å². The second-order valence-electron chi connectivity index (χ2n) is 11.5. The highest BCUT2D eigenvalue weighted by atomic mass is 16.6. The monoisotopic (exact) mass is 723 g/mol. The Hall–Kier alpha value is -0.920. The third-order valence-corrected chi connectivity index (χ3v) is 7.17. The van der Waals surface area contributed by atoms with E-state index in [0.717, 1.165) is 13.0 Å². The normalized spacial score (nSPS) is 11.4. The minimum atomic E-state index is 0.309. The maximum Gasteiger partial charge on any atom is 0.107 e. The Labute approximate surface area is 305 Å². The van der Waals surface area contributed by atoms with Gasteiger partial charge in [0, 0.05) is 6.61 Å². The van der Waals surface area contributed by atoms with Crippen molar-refractivity contribution in [3.8, 4) is 12.3 Å². The van der Waals surface area contributed by atoms with E-state index in [-0.39, 0.29) is 0 Å². The Morgan fingerprint density at radius 1 is 0.260 bits per heavy atom. The van der Waals surface area contributed by atoms with Crippen LogP contribution >= 0.6 is 0 Å². The lowest BCUT2D eigenvalue weighted by atomic mass is 10.1. The van der Waals surface area contributed by atoms with Crippen molar-refractivity contribution in [1.29, 1.82) is 0 Å². The van der Waals surface area contributed by atoms with Gasteiger partial charge in [-0.15, -0.1) is 6.42 Å². The molecule has 0 rings (SSSR count). The first-order chi connectivity index (χ1) is 24.9. The summed E-state index contributed by atoms with van der Waals surface area (Å²) in [5.74, 6) is 2.40. The highest BCUT2D eigenvalue weighted by molar-refractivity contribution is 4.82. The predicted octanol–water partition coefficient (Wildman–Crippen LogP) is 5.13. The van der Waals surface area contributed by atoms with Crippen LogP contribution in [0.1, 0.15) is 77.6 Å². The maximum absolute atomic E-state index is 5.66. The molecule has 0 unspecified atom stereocenters. The van der Waals surface area contributed by atoms with E-state index < -0.39 is 0 Å². The molecule has 0 amide bonds. The lowest BCUT2D eigenvalue weighted by Gasteiger charge is -2.09. The smallest absolute Gasteiger partial charge is 0.107 e. The van der Waals surface area contributed by atoms with Gasteiger partial charge in [0.1, 0.15) is 6.61 Å². The first-order valence-corrected chi connectivity index (χ1v) is 19.3. The average Bonchev–Trinajstić information content (AvgIpc) is 3.13. The van der Waals surface area contributed by atoms with Crippen molar-refractivity contribution in [2.75, 3.05) is 159 Å². The zero-order chi connectivity index (χ0) is 35.9. The molecule has 0 spiro atoms. The van der Waals surface area contributed by atoms with Gasteiger partial charge in [-0.2, -0.15) is 0 Å². The molecule has 0 radical (unpaired) electrons. The Kier molecular flexibility index (Phi) is 47.2. The summed E-state index contributed by atoms with van der Waals surface area (Å²) in [6, 6.07) is 0. The van der Waals surface area contributed by atoms with Crippen LogP contribution in [-0.2, 0) is 56.8 Å². The fraction of sp³-hybridized carbons (Fsp3) is 0.947. The summed E-state index contributed by atoms with van der Waals surface area (Å²) in [5.41, 5.74) is 0. The van der Waals surface area contributed by atoms with E-state index in [4.69, 9.17) is 63.3 Å². The topological polar surface area (TPSA) is 111 Å². The summed E-state index contributed by atoms with van der Waals surface area (Å²) < 4.78 is 65.5. The molecule has 0 aromatic carbocycles. The van der Waals surface area contributed by atoms with E-state index in [2.05, 4.69) is 12.8 Å². The quantitative estimate of drug-likeness (QED) is 0.0614. The molecular weight excluding hydrogens is 648 g/mol. The predicted molar refractivity (Wildman–Crippen MR) is 195 cm³/mol. The molecule has 0 aromatic rings. The van der Waals surface area contributed by atoms with Gasteiger partial charge in [-0.25, -0.2) is 0 Å². The summed E-state index contributed by atoms with van der Waals surface area (Å²) >= 11 is 0. The summed E-state index contributed by atoms with van der Waals surface area (Å²) in [6.07, 6.45) is 19.9. The number of unbranched alkanes of at least 4 members (excludes halogenated alkanes) is 10. The maximum atomic E-state index is 5.66. The van der Waals surface area contributed by atoms with E-state index >= 15 is 0 Å². The second kappa shape index (κ2) is 48.1. The molecule has 12 heteroatoms. The fourth-order valence-electron chi connectivity index (χ4n) is 4.42. The van der Waals surface area contributed by atoms with Crippen LogP contribution in [-0.4, -0.2) is 159 Å². The number of ether oxygens (including phenoxy) is 12. The summed E-state index contributed by atoms with van der Waals surface area (Å²) in [7, 11) is 0. The Bertz CT molecular complexity index is 637. The fourth-order valence-corrected chi connectivity index (χ4v) is 4.42. The molecule has 0 fully saturated rings. The van der Waals surface area contributed by atoms with Gasteiger partial charge in [0.15, 0.2) is 0 Å². The van der Waals surface area contributed by atoms with Crippen molar-refractivity contribution >= 4 is 0 Å². The Morgan fingerprint density at radius 3 is 0.700 bits per heavy atom. The molecule has 298 valence electrons. The number of hydrogen-bond donors (Lipinski definition) is 0. The first kappa shape index (κ1) is 49.1. The van der Waals surface area contributed by atoms with E-state index in [1.165, 1.54) is 64.2 Å². The van der Waals surface area contributed by atoms with Crippen LogP contribution in [0.4, 0.5) is 0 Å². The van der Waals surface area contributed by atoms with Gasteiger partial charge < -0.3 is 56.8 Å². The molecule has 0 atom stereocenters. The molecule has 0 heterocycles. The minimum Gasteiger partial charge on any atom is -0.379 e. The van der Waals surface area contributed by atoms with E-state index in [1.807, 2.05) is 0 Å². The van der Waals surface area contributed by atoms with Crippen LogP contribution in [0.15, 0.2) is 0 Å². The van der Waals surface area contributed by atoms with Crippen LogP contribution in [0, 0.1) is 12.3 Å². The summed E-state index contributed by atoms with van der Waals surface area (Å²) in [6.45, 7) is 15.1. The van der Waals surface area contributed by atoms with Gasteiger partial charge in [0.05, 0.1) is 145 Å². The number of hydrogen-bond acceptors (Lipinski definition) is 12. The summed E-state index contributed by atoms with van der Waals surface area (Å²) in [5, 5.41) is 0. The van der Waals surface area contributed by atoms with Crippen molar-refractivity contribution in [3.05, 3.63) is 0 Å². The number of terminal acetylenes is 1. The number of rotatable bonds is 46. The molecule has 12 nitrogen and oxygen atoms in total. The third-order valence-electron chi connectivity index (χ3n) is 7.17. The van der Waals surface area contributed by atoms with Crippen molar-refractivity contribution in [3.63, 3.8) is 0 Å². The average molecular weight is 723 g/mol. The SMILES string of the molecule is C#CCOCCOCCOCCOCCOCCOCCOCCOCCOCCOCCOCCOCCCCCCCCCCCCC. The van der Waals surface area contributed by atoms with Crippen LogP contribution < -0.4 is 0 Å². The highest BCUT2D eigenvalue weighted by Gasteiger charge is 1.97. The molecular formula is C38H74O12.